The topological polar surface area (TPSA) is 75.7 Å². The lowest BCUT2D eigenvalue weighted by Gasteiger charge is -2.36. The van der Waals surface area contributed by atoms with E-state index in [1.54, 1.807) is 16.7 Å². The summed E-state index contributed by atoms with van der Waals surface area (Å²) >= 11 is 1.33. The number of hydrogen-bond acceptors (Lipinski definition) is 6. The highest BCUT2D eigenvalue weighted by molar-refractivity contribution is 7.99. The van der Waals surface area contributed by atoms with E-state index in [1.165, 1.54) is 23.9 Å². The van der Waals surface area contributed by atoms with Crippen molar-refractivity contribution < 1.29 is 9.18 Å². The molecule has 176 valence electrons. The zero-order chi connectivity index (χ0) is 23.7. The van der Waals surface area contributed by atoms with Crippen LogP contribution in [0.1, 0.15) is 13.3 Å². The van der Waals surface area contributed by atoms with Crippen LogP contribution in [0.2, 0.25) is 0 Å². The van der Waals surface area contributed by atoms with Gasteiger partial charge in [-0.1, -0.05) is 30.8 Å². The van der Waals surface area contributed by atoms with E-state index in [4.69, 9.17) is 0 Å². The van der Waals surface area contributed by atoms with Crippen molar-refractivity contribution in [3.8, 4) is 0 Å². The van der Waals surface area contributed by atoms with E-state index >= 15 is 0 Å². The van der Waals surface area contributed by atoms with Gasteiger partial charge in [0.2, 0.25) is 11.7 Å². The molecule has 10 heteroatoms. The van der Waals surface area contributed by atoms with E-state index in [0.717, 1.165) is 17.6 Å². The van der Waals surface area contributed by atoms with E-state index in [2.05, 4.69) is 15.1 Å². The molecule has 0 spiro atoms. The van der Waals surface area contributed by atoms with Gasteiger partial charge < -0.3 is 9.80 Å². The predicted octanol–water partition coefficient (Wildman–Crippen LogP) is 3.03. The molecule has 4 aromatic rings. The highest BCUT2D eigenvalue weighted by Crippen LogP contribution is 2.23. The Morgan fingerprint density at radius 2 is 1.76 bits per heavy atom. The maximum absolute atomic E-state index is 13.2. The molecule has 0 N–H and O–H groups in total. The molecule has 34 heavy (non-hydrogen) atoms. The third-order valence-electron chi connectivity index (χ3n) is 6.07. The molecule has 1 saturated heterocycles. The van der Waals surface area contributed by atoms with Crippen LogP contribution in [0.25, 0.3) is 16.7 Å². The summed E-state index contributed by atoms with van der Waals surface area (Å²) in [6, 6.07) is 13.9. The molecule has 1 aliphatic rings. The van der Waals surface area contributed by atoms with Crippen molar-refractivity contribution in [3.05, 3.63) is 64.7 Å². The number of carbonyl (C=O) groups is 1. The second-order valence-electron chi connectivity index (χ2n) is 8.22. The van der Waals surface area contributed by atoms with Gasteiger partial charge in [0, 0.05) is 38.4 Å². The van der Waals surface area contributed by atoms with Gasteiger partial charge in [0.15, 0.2) is 5.16 Å². The molecule has 3 heterocycles. The van der Waals surface area contributed by atoms with E-state index in [-0.39, 0.29) is 23.0 Å². The Bertz CT molecular complexity index is 1390. The largest absolute Gasteiger partial charge is 0.368 e. The van der Waals surface area contributed by atoms with Gasteiger partial charge in [0.1, 0.15) is 5.82 Å². The Morgan fingerprint density at radius 3 is 2.50 bits per heavy atom. The summed E-state index contributed by atoms with van der Waals surface area (Å²) in [5.41, 5.74) is 1.62. The molecular formula is C24H25FN6O2S. The van der Waals surface area contributed by atoms with Gasteiger partial charge in [-0.25, -0.2) is 4.39 Å². The minimum absolute atomic E-state index is 0.0340. The Kier molecular flexibility index (Phi) is 6.23. The van der Waals surface area contributed by atoms with Crippen LogP contribution in [-0.4, -0.2) is 61.9 Å². The van der Waals surface area contributed by atoms with Crippen LogP contribution in [0.15, 0.2) is 58.5 Å². The van der Waals surface area contributed by atoms with Gasteiger partial charge in [-0.3, -0.25) is 18.6 Å². The van der Waals surface area contributed by atoms with Crippen LogP contribution in [0.3, 0.4) is 0 Å². The number of para-hydroxylation sites is 1. The number of benzene rings is 2. The van der Waals surface area contributed by atoms with E-state index in [1.807, 2.05) is 40.5 Å². The molecular weight excluding hydrogens is 455 g/mol. The fourth-order valence-corrected chi connectivity index (χ4v) is 5.18. The summed E-state index contributed by atoms with van der Waals surface area (Å²) in [7, 11) is 0. The molecule has 1 aliphatic heterocycles. The first-order chi connectivity index (χ1) is 16.6. The number of amides is 1. The van der Waals surface area contributed by atoms with Crippen molar-refractivity contribution in [1.29, 1.82) is 0 Å². The molecule has 1 fully saturated rings. The van der Waals surface area contributed by atoms with Crippen LogP contribution in [0, 0.1) is 5.82 Å². The number of aromatic nitrogens is 4. The molecule has 0 aliphatic carbocycles. The summed E-state index contributed by atoms with van der Waals surface area (Å²) in [5, 5.41) is 9.79. The molecule has 1 amide bonds. The summed E-state index contributed by atoms with van der Waals surface area (Å²) in [6.45, 7) is 5.17. The van der Waals surface area contributed by atoms with Crippen LogP contribution in [0.4, 0.5) is 10.1 Å². The van der Waals surface area contributed by atoms with Gasteiger partial charge in [-0.2, -0.15) is 0 Å². The number of aryl methyl sites for hydroxylation is 1. The highest BCUT2D eigenvalue weighted by atomic mass is 32.2. The molecule has 8 nitrogen and oxygen atoms in total. The fraction of sp³-hybridized carbons (Fsp3) is 0.333. The first-order valence-electron chi connectivity index (χ1n) is 11.3. The molecule has 0 atom stereocenters. The van der Waals surface area contributed by atoms with Gasteiger partial charge in [-0.05, 0) is 42.8 Å². The van der Waals surface area contributed by atoms with Crippen LogP contribution in [0.5, 0.6) is 0 Å². The number of carbonyl (C=O) groups excluding carboxylic acids is 1. The first kappa shape index (κ1) is 22.4. The number of thioether (sulfide) groups is 1. The van der Waals surface area contributed by atoms with Crippen molar-refractivity contribution >= 4 is 40.0 Å². The van der Waals surface area contributed by atoms with Crippen molar-refractivity contribution in [2.75, 3.05) is 36.8 Å². The van der Waals surface area contributed by atoms with E-state index in [0.29, 0.717) is 49.0 Å². The number of halogens is 1. The summed E-state index contributed by atoms with van der Waals surface area (Å²) in [4.78, 5) is 29.9. The van der Waals surface area contributed by atoms with E-state index in [9.17, 15) is 14.0 Å². The minimum Gasteiger partial charge on any atom is -0.368 e. The second-order valence-corrected chi connectivity index (χ2v) is 9.17. The second kappa shape index (κ2) is 9.46. The third kappa shape index (κ3) is 4.13. The zero-order valence-electron chi connectivity index (χ0n) is 18.9. The number of nitrogens with zero attached hydrogens (tertiary/aromatic N) is 6. The Labute approximate surface area is 200 Å². The van der Waals surface area contributed by atoms with Crippen molar-refractivity contribution in [1.82, 2.24) is 24.1 Å². The fourth-order valence-electron chi connectivity index (χ4n) is 4.34. The molecule has 0 bridgehead atoms. The Morgan fingerprint density at radius 1 is 1.03 bits per heavy atom. The molecule has 0 radical (unpaired) electrons. The molecule has 0 saturated carbocycles. The minimum atomic E-state index is -0.255. The van der Waals surface area contributed by atoms with Gasteiger partial charge >= 0.3 is 0 Å². The SMILES string of the molecule is CCCn1c(=O)c2ccccc2n2c(SCC(=O)N3CCN(c4ccc(F)cc4)CC3)nnc12. The smallest absolute Gasteiger partial charge is 0.262 e. The first-order valence-corrected chi connectivity index (χ1v) is 12.3. The van der Waals surface area contributed by atoms with Gasteiger partial charge in [0.25, 0.3) is 5.56 Å². The zero-order valence-corrected chi connectivity index (χ0v) is 19.7. The Hall–Kier alpha value is -3.40. The van der Waals surface area contributed by atoms with Crippen LogP contribution >= 0.6 is 11.8 Å². The van der Waals surface area contributed by atoms with Crippen molar-refractivity contribution in [2.24, 2.45) is 0 Å². The van der Waals surface area contributed by atoms with Gasteiger partial charge in [-0.15, -0.1) is 10.2 Å². The quantitative estimate of drug-likeness (QED) is 0.395. The van der Waals surface area contributed by atoms with Gasteiger partial charge in [0.05, 0.1) is 16.7 Å². The standard InChI is InChI=1S/C24H25FN6O2S/c1-2-11-30-22(33)19-5-3-4-6-20(19)31-23(30)26-27-24(31)34-16-21(32)29-14-12-28(13-15-29)18-9-7-17(25)8-10-18/h3-10H,2,11-16H2,1H3. The van der Waals surface area contributed by atoms with Crippen LogP contribution in [-0.2, 0) is 11.3 Å². The van der Waals surface area contributed by atoms with Crippen molar-refractivity contribution in [3.63, 3.8) is 0 Å². The number of fused-ring (bicyclic) bond motifs is 3. The van der Waals surface area contributed by atoms with E-state index < -0.39 is 0 Å². The third-order valence-corrected chi connectivity index (χ3v) is 6.99. The summed E-state index contributed by atoms with van der Waals surface area (Å²) in [5.74, 6) is 0.508. The number of rotatable bonds is 6. The average Bonchev–Trinajstić information content (AvgIpc) is 3.30. The lowest BCUT2D eigenvalue weighted by molar-refractivity contribution is -0.128. The lowest BCUT2D eigenvalue weighted by Crippen LogP contribution is -2.49. The lowest BCUT2D eigenvalue weighted by atomic mass is 10.2. The normalized spacial score (nSPS) is 14.3. The Balaban J connectivity index is 1.31. The number of piperazine rings is 1. The molecule has 0 unspecified atom stereocenters. The summed E-state index contributed by atoms with van der Waals surface area (Å²) in [6.07, 6.45) is 0.797. The van der Waals surface area contributed by atoms with Crippen molar-refractivity contribution in [2.45, 2.75) is 25.0 Å². The monoisotopic (exact) mass is 480 g/mol. The molecule has 2 aromatic heterocycles. The maximum Gasteiger partial charge on any atom is 0.262 e. The van der Waals surface area contributed by atoms with Crippen LogP contribution < -0.4 is 10.5 Å². The number of anilines is 1. The highest BCUT2D eigenvalue weighted by Gasteiger charge is 2.23. The maximum atomic E-state index is 13.2. The summed E-state index contributed by atoms with van der Waals surface area (Å²) < 4.78 is 16.7. The predicted molar refractivity (Wildman–Crippen MR) is 131 cm³/mol. The average molecular weight is 481 g/mol. The molecule has 2 aromatic carbocycles. The molecule has 5 rings (SSSR count). The number of hydrogen-bond donors (Lipinski definition) is 0.